The summed E-state index contributed by atoms with van der Waals surface area (Å²) in [7, 11) is 0. The molecular formula is C18H23NO4. The van der Waals surface area contributed by atoms with Crippen LogP contribution in [-0.2, 0) is 4.74 Å². The molecule has 3 heterocycles. The molecule has 0 aromatic heterocycles. The maximum Gasteiger partial charge on any atom is 0.338 e. The summed E-state index contributed by atoms with van der Waals surface area (Å²) < 4.78 is 16.2. The van der Waals surface area contributed by atoms with Gasteiger partial charge in [0, 0.05) is 12.0 Å². The van der Waals surface area contributed by atoms with Crippen molar-refractivity contribution >= 4 is 5.97 Å². The summed E-state index contributed by atoms with van der Waals surface area (Å²) in [5.74, 6) is 1.51. The number of carbonyl (C=O) groups is 1. The van der Waals surface area contributed by atoms with Gasteiger partial charge in [0.25, 0.3) is 0 Å². The van der Waals surface area contributed by atoms with Crippen LogP contribution in [0.2, 0.25) is 0 Å². The third kappa shape index (κ3) is 3.02. The number of rotatable bonds is 3. The van der Waals surface area contributed by atoms with E-state index in [2.05, 4.69) is 4.90 Å². The molecule has 0 radical (unpaired) electrons. The first kappa shape index (κ1) is 14.8. The first-order chi connectivity index (χ1) is 11.3. The zero-order valence-electron chi connectivity index (χ0n) is 13.3. The van der Waals surface area contributed by atoms with Crippen molar-refractivity contribution in [3.05, 3.63) is 23.8 Å². The van der Waals surface area contributed by atoms with Gasteiger partial charge in [0.15, 0.2) is 11.5 Å². The Kier molecular flexibility index (Phi) is 4.12. The van der Waals surface area contributed by atoms with Crippen LogP contribution in [0.25, 0.3) is 0 Å². The van der Waals surface area contributed by atoms with E-state index >= 15 is 0 Å². The smallest absolute Gasteiger partial charge is 0.338 e. The lowest BCUT2D eigenvalue weighted by molar-refractivity contribution is 0.00737. The van der Waals surface area contributed by atoms with Crippen molar-refractivity contribution < 1.29 is 19.0 Å². The van der Waals surface area contributed by atoms with Gasteiger partial charge in [-0.15, -0.1) is 0 Å². The van der Waals surface area contributed by atoms with Crippen LogP contribution in [0.3, 0.4) is 0 Å². The molecule has 1 aromatic carbocycles. The van der Waals surface area contributed by atoms with Gasteiger partial charge in [0.05, 0.1) is 12.2 Å². The fourth-order valence-electron chi connectivity index (χ4n) is 4.06. The highest BCUT2D eigenvalue weighted by molar-refractivity contribution is 5.90. The Morgan fingerprint density at radius 2 is 2.00 bits per heavy atom. The molecule has 0 aliphatic carbocycles. The van der Waals surface area contributed by atoms with Crippen molar-refractivity contribution in [3.63, 3.8) is 0 Å². The Morgan fingerprint density at radius 1 is 1.13 bits per heavy atom. The predicted molar refractivity (Wildman–Crippen MR) is 84.8 cm³/mol. The summed E-state index contributed by atoms with van der Waals surface area (Å²) in [6.07, 6.45) is 6.22. The number of esters is 1. The predicted octanol–water partition coefficient (Wildman–Crippen LogP) is 2.84. The van der Waals surface area contributed by atoms with Gasteiger partial charge in [0.2, 0.25) is 6.79 Å². The van der Waals surface area contributed by atoms with E-state index in [9.17, 15) is 4.79 Å². The van der Waals surface area contributed by atoms with Crippen LogP contribution in [0.5, 0.6) is 11.5 Å². The molecule has 124 valence electrons. The molecule has 5 heteroatoms. The van der Waals surface area contributed by atoms with Crippen LogP contribution >= 0.6 is 0 Å². The lowest BCUT2D eigenvalue weighted by Crippen LogP contribution is -2.49. The number of benzene rings is 1. The minimum absolute atomic E-state index is 0.216. The summed E-state index contributed by atoms with van der Waals surface area (Å²) in [6, 6.07) is 5.81. The van der Waals surface area contributed by atoms with Crippen LogP contribution < -0.4 is 9.47 Å². The van der Waals surface area contributed by atoms with Crippen molar-refractivity contribution in [1.29, 1.82) is 0 Å². The summed E-state index contributed by atoms with van der Waals surface area (Å²) in [5.41, 5.74) is 0.533. The van der Waals surface area contributed by atoms with Crippen LogP contribution in [0.15, 0.2) is 18.2 Å². The van der Waals surface area contributed by atoms with Gasteiger partial charge in [-0.2, -0.15) is 0 Å². The molecule has 3 aliphatic heterocycles. The van der Waals surface area contributed by atoms with Gasteiger partial charge in [0.1, 0.15) is 0 Å². The van der Waals surface area contributed by atoms with Crippen molar-refractivity contribution in [1.82, 2.24) is 4.90 Å². The normalized spacial score (nSPS) is 26.6. The summed E-state index contributed by atoms with van der Waals surface area (Å²) in [5, 5.41) is 0. The average Bonchev–Trinajstić information content (AvgIpc) is 3.07. The average molecular weight is 317 g/mol. The number of nitrogens with zero attached hydrogens (tertiary/aromatic N) is 1. The quantitative estimate of drug-likeness (QED) is 0.802. The van der Waals surface area contributed by atoms with E-state index in [4.69, 9.17) is 14.2 Å². The lowest BCUT2D eigenvalue weighted by atomic mass is 9.84. The van der Waals surface area contributed by atoms with Crippen molar-refractivity contribution in [2.75, 3.05) is 26.5 Å². The molecule has 23 heavy (non-hydrogen) atoms. The van der Waals surface area contributed by atoms with E-state index < -0.39 is 0 Å². The molecule has 0 saturated carbocycles. The minimum Gasteiger partial charge on any atom is -0.462 e. The van der Waals surface area contributed by atoms with Gasteiger partial charge in [-0.1, -0.05) is 6.42 Å². The Balaban J connectivity index is 1.37. The van der Waals surface area contributed by atoms with Crippen molar-refractivity contribution in [3.8, 4) is 11.5 Å². The molecule has 0 N–H and O–H groups in total. The second kappa shape index (κ2) is 6.40. The first-order valence-electron chi connectivity index (χ1n) is 8.62. The van der Waals surface area contributed by atoms with E-state index in [1.54, 1.807) is 18.2 Å². The highest BCUT2D eigenvalue weighted by atomic mass is 16.7. The summed E-state index contributed by atoms with van der Waals surface area (Å²) in [4.78, 5) is 14.9. The first-order valence-corrected chi connectivity index (χ1v) is 8.62. The molecule has 2 fully saturated rings. The zero-order valence-corrected chi connectivity index (χ0v) is 13.3. The standard InChI is InChI=1S/C18H23NO4/c20-18(13-6-7-16-17(10-13)23-12-22-16)21-11-14-4-3-9-19-8-2-1-5-15(14)19/h6-7,10,14-15H,1-5,8-9,11-12H2/t14-,15+/m0/s1. The second-order valence-electron chi connectivity index (χ2n) is 6.67. The molecule has 0 unspecified atom stereocenters. The Labute approximate surface area is 136 Å². The molecule has 0 spiro atoms. The van der Waals surface area contributed by atoms with Crippen molar-refractivity contribution in [2.45, 2.75) is 38.1 Å². The number of hydrogen-bond acceptors (Lipinski definition) is 5. The molecule has 4 rings (SSSR count). The van der Waals surface area contributed by atoms with Gasteiger partial charge in [-0.25, -0.2) is 4.79 Å². The van der Waals surface area contributed by atoms with E-state index in [-0.39, 0.29) is 12.8 Å². The SMILES string of the molecule is O=C(OC[C@@H]1CCCN2CCCC[C@H]12)c1ccc2c(c1)OCO2. The van der Waals surface area contributed by atoms with E-state index in [0.717, 1.165) is 6.42 Å². The molecule has 0 bridgehead atoms. The summed E-state index contributed by atoms with van der Waals surface area (Å²) in [6.45, 7) is 3.15. The van der Waals surface area contributed by atoms with Crippen LogP contribution in [0.1, 0.15) is 42.5 Å². The molecule has 3 aliphatic rings. The maximum atomic E-state index is 12.3. The zero-order chi connectivity index (χ0) is 15.6. The molecule has 5 nitrogen and oxygen atoms in total. The minimum atomic E-state index is -0.267. The van der Waals surface area contributed by atoms with Crippen molar-refractivity contribution in [2.24, 2.45) is 5.92 Å². The van der Waals surface area contributed by atoms with E-state index in [1.807, 2.05) is 0 Å². The largest absolute Gasteiger partial charge is 0.462 e. The fourth-order valence-corrected chi connectivity index (χ4v) is 4.06. The van der Waals surface area contributed by atoms with E-state index in [1.165, 1.54) is 38.8 Å². The summed E-state index contributed by atoms with van der Waals surface area (Å²) >= 11 is 0. The van der Waals surface area contributed by atoms with E-state index in [0.29, 0.717) is 35.6 Å². The monoisotopic (exact) mass is 317 g/mol. The Hall–Kier alpha value is -1.75. The lowest BCUT2D eigenvalue weighted by Gasteiger charge is -2.44. The maximum absolute atomic E-state index is 12.3. The number of ether oxygens (including phenoxy) is 3. The van der Waals surface area contributed by atoms with Gasteiger partial charge in [-0.05, 0) is 57.0 Å². The number of carbonyl (C=O) groups excluding carboxylic acids is 1. The molecular weight excluding hydrogens is 294 g/mol. The topological polar surface area (TPSA) is 48.0 Å². The molecule has 1 aromatic rings. The highest BCUT2D eigenvalue weighted by Gasteiger charge is 2.33. The van der Waals surface area contributed by atoms with Crippen LogP contribution in [-0.4, -0.2) is 43.4 Å². The number of fused-ring (bicyclic) bond motifs is 2. The van der Waals surface area contributed by atoms with Gasteiger partial charge < -0.3 is 14.2 Å². The second-order valence-corrected chi connectivity index (χ2v) is 6.67. The molecule has 2 saturated heterocycles. The molecule has 0 amide bonds. The van der Waals surface area contributed by atoms with Crippen LogP contribution in [0, 0.1) is 5.92 Å². The highest BCUT2D eigenvalue weighted by Crippen LogP contribution is 2.33. The van der Waals surface area contributed by atoms with Gasteiger partial charge >= 0.3 is 5.97 Å². The number of hydrogen-bond donors (Lipinski definition) is 0. The number of piperidine rings is 2. The van der Waals surface area contributed by atoms with Gasteiger partial charge in [-0.3, -0.25) is 4.90 Å². The third-order valence-corrected chi connectivity index (χ3v) is 5.27. The Morgan fingerprint density at radius 3 is 2.96 bits per heavy atom. The Bertz CT molecular complexity index is 586. The third-order valence-electron chi connectivity index (χ3n) is 5.27. The van der Waals surface area contributed by atoms with Crippen LogP contribution in [0.4, 0.5) is 0 Å². The molecule has 2 atom stereocenters. The fraction of sp³-hybridized carbons (Fsp3) is 0.611.